The molecule has 40 valence electrons. The molecule has 0 spiro atoms. The van der Waals surface area contributed by atoms with Crippen LogP contribution in [-0.2, 0) is 0 Å². The lowest BCUT2D eigenvalue weighted by molar-refractivity contribution is 0.938. The summed E-state index contributed by atoms with van der Waals surface area (Å²) in [7, 11) is -0.803. The summed E-state index contributed by atoms with van der Waals surface area (Å²) in [6.07, 6.45) is 4.81. The van der Waals surface area contributed by atoms with Gasteiger partial charge in [-0.05, 0) is 12.5 Å². The molecule has 1 rings (SSSR count). The van der Waals surface area contributed by atoms with Crippen molar-refractivity contribution in [3.63, 3.8) is 0 Å². The van der Waals surface area contributed by atoms with E-state index >= 15 is 0 Å². The van der Waals surface area contributed by atoms with Crippen molar-refractivity contribution in [1.29, 1.82) is 0 Å². The molecule has 1 atom stereocenters. The first kappa shape index (κ1) is 5.38. The fourth-order valence-corrected chi connectivity index (χ4v) is 2.85. The van der Waals surface area contributed by atoms with Crippen molar-refractivity contribution in [2.75, 3.05) is 0 Å². The Labute approximate surface area is 50.5 Å². The second-order valence-electron chi connectivity index (χ2n) is 1.88. The van der Waals surface area contributed by atoms with Gasteiger partial charge in [0.25, 0.3) is 0 Å². The van der Waals surface area contributed by atoms with Gasteiger partial charge in [-0.25, -0.2) is 0 Å². The number of allylic oxidation sites excluding steroid dienone is 1. The summed E-state index contributed by atoms with van der Waals surface area (Å²) in [5.74, 6) is 0. The fourth-order valence-electron chi connectivity index (χ4n) is 0.771. The molecule has 0 aromatic heterocycles. The second-order valence-corrected chi connectivity index (χ2v) is 5.55. The molecule has 0 N–H and O–H groups in total. The van der Waals surface area contributed by atoms with E-state index < -0.39 is 8.11 Å². The van der Waals surface area contributed by atoms with Crippen LogP contribution in [0.5, 0.6) is 0 Å². The number of halogens is 1. The Kier molecular flexibility index (Phi) is 1.95. The smallest absolute Gasteiger partial charge is 0.164 e. The number of hydrogen-bond donors (Lipinski definition) is 0. The monoisotopic (exact) mass is 132 g/mol. The first-order valence-corrected chi connectivity index (χ1v) is 5.93. The predicted octanol–water partition coefficient (Wildman–Crippen LogP) is 1.84. The van der Waals surface area contributed by atoms with E-state index in [9.17, 15) is 0 Å². The van der Waals surface area contributed by atoms with Crippen LogP contribution in [0.15, 0.2) is 11.8 Å². The van der Waals surface area contributed by atoms with Gasteiger partial charge in [-0.2, -0.15) is 11.1 Å². The Morgan fingerprint density at radius 1 is 1.57 bits per heavy atom. The van der Waals surface area contributed by atoms with Crippen LogP contribution in [0.3, 0.4) is 0 Å². The molecule has 0 nitrogen and oxygen atoms in total. The highest BCUT2D eigenvalue weighted by molar-refractivity contribution is 7.09. The molecule has 2 heteroatoms. The van der Waals surface area contributed by atoms with Gasteiger partial charge in [0.15, 0.2) is 8.11 Å². The van der Waals surface area contributed by atoms with E-state index in [0.29, 0.717) is 0 Å². The third-order valence-electron chi connectivity index (χ3n) is 1.20. The predicted molar refractivity (Wildman–Crippen MR) is 36.2 cm³/mol. The highest BCUT2D eigenvalue weighted by atomic mass is 35.6. The average Bonchev–Trinajstić information content (AvgIpc) is 1.69. The van der Waals surface area contributed by atoms with Gasteiger partial charge in [0.2, 0.25) is 0 Å². The molecule has 1 unspecified atom stereocenters. The van der Waals surface area contributed by atoms with Gasteiger partial charge in [-0.15, -0.1) is 0 Å². The first-order valence-electron chi connectivity index (χ1n) is 2.70. The minimum atomic E-state index is -0.803. The zero-order valence-electron chi connectivity index (χ0n) is 4.23. The van der Waals surface area contributed by atoms with Crippen LogP contribution in [0.2, 0.25) is 6.04 Å². The summed E-state index contributed by atoms with van der Waals surface area (Å²) in [4.78, 5) is 0. The standard InChI is InChI=1S/C5H9ClSi/c6-7-4-2-1-3-5-7/h2,4,7H,1,3,5H2. The number of hydrogen-bond acceptors (Lipinski definition) is 0. The van der Waals surface area contributed by atoms with Crippen molar-refractivity contribution >= 4 is 19.2 Å². The molecule has 0 radical (unpaired) electrons. The topological polar surface area (TPSA) is 0 Å². The van der Waals surface area contributed by atoms with Gasteiger partial charge in [-0.3, -0.25) is 0 Å². The van der Waals surface area contributed by atoms with E-state index in [1.54, 1.807) is 0 Å². The van der Waals surface area contributed by atoms with Crippen LogP contribution < -0.4 is 0 Å². The number of rotatable bonds is 0. The van der Waals surface area contributed by atoms with E-state index in [-0.39, 0.29) is 0 Å². The molecule has 0 saturated carbocycles. The van der Waals surface area contributed by atoms with E-state index in [2.05, 4.69) is 11.8 Å². The molecule has 1 aliphatic heterocycles. The van der Waals surface area contributed by atoms with Crippen LogP contribution in [0.25, 0.3) is 0 Å². The highest BCUT2D eigenvalue weighted by Crippen LogP contribution is 2.12. The largest absolute Gasteiger partial charge is 0.166 e. The normalized spacial score (nSPS) is 30.7. The van der Waals surface area contributed by atoms with Gasteiger partial charge >= 0.3 is 0 Å². The van der Waals surface area contributed by atoms with E-state index in [1.807, 2.05) is 0 Å². The maximum absolute atomic E-state index is 5.87. The van der Waals surface area contributed by atoms with Gasteiger partial charge < -0.3 is 0 Å². The molecule has 0 aliphatic carbocycles. The summed E-state index contributed by atoms with van der Waals surface area (Å²) < 4.78 is 0. The molecule has 0 fully saturated rings. The Morgan fingerprint density at radius 2 is 2.43 bits per heavy atom. The summed E-state index contributed by atoms with van der Waals surface area (Å²) in [6.45, 7) is 0. The Hall–Kier alpha value is 0.247. The van der Waals surface area contributed by atoms with Gasteiger partial charge in [0.1, 0.15) is 0 Å². The fraction of sp³-hybridized carbons (Fsp3) is 0.600. The second kappa shape index (κ2) is 2.53. The SMILES string of the molecule is Cl[SiH]1C=CCCC1. The van der Waals surface area contributed by atoms with Crippen molar-refractivity contribution in [3.05, 3.63) is 11.8 Å². The van der Waals surface area contributed by atoms with Crippen LogP contribution in [0.1, 0.15) is 12.8 Å². The minimum Gasteiger partial charge on any atom is -0.166 e. The van der Waals surface area contributed by atoms with E-state index in [4.69, 9.17) is 11.1 Å². The lowest BCUT2D eigenvalue weighted by Crippen LogP contribution is -2.01. The highest BCUT2D eigenvalue weighted by Gasteiger charge is 2.03. The van der Waals surface area contributed by atoms with Crippen molar-refractivity contribution in [1.82, 2.24) is 0 Å². The molecule has 7 heavy (non-hydrogen) atoms. The maximum Gasteiger partial charge on any atom is 0.164 e. The molecule has 0 aromatic carbocycles. The van der Waals surface area contributed by atoms with Gasteiger partial charge in [0.05, 0.1) is 0 Å². The summed E-state index contributed by atoms with van der Waals surface area (Å²) in [6, 6.07) is 1.30. The molecule has 0 saturated heterocycles. The van der Waals surface area contributed by atoms with Gasteiger partial charge in [0, 0.05) is 0 Å². The van der Waals surface area contributed by atoms with Crippen molar-refractivity contribution in [2.24, 2.45) is 0 Å². The van der Waals surface area contributed by atoms with Crippen LogP contribution in [0.4, 0.5) is 0 Å². The maximum atomic E-state index is 5.87. The average molecular weight is 133 g/mol. The molecule has 0 aromatic rings. The molecule has 0 bridgehead atoms. The van der Waals surface area contributed by atoms with Crippen molar-refractivity contribution < 1.29 is 0 Å². The molecule has 0 amide bonds. The third-order valence-corrected chi connectivity index (χ3v) is 3.94. The first-order chi connectivity index (χ1) is 3.39. The molecular formula is C5H9ClSi. The third kappa shape index (κ3) is 1.66. The van der Waals surface area contributed by atoms with Crippen molar-refractivity contribution in [3.8, 4) is 0 Å². The quantitative estimate of drug-likeness (QED) is 0.349. The Bertz CT molecular complexity index is 80.1. The summed E-state index contributed by atoms with van der Waals surface area (Å²) in [5, 5.41) is 0. The van der Waals surface area contributed by atoms with E-state index in [0.717, 1.165) is 0 Å². The molecule has 1 heterocycles. The van der Waals surface area contributed by atoms with Crippen molar-refractivity contribution in [2.45, 2.75) is 18.9 Å². The van der Waals surface area contributed by atoms with E-state index in [1.165, 1.54) is 18.9 Å². The van der Waals surface area contributed by atoms with Gasteiger partial charge in [-0.1, -0.05) is 18.2 Å². The zero-order valence-corrected chi connectivity index (χ0v) is 6.14. The van der Waals surface area contributed by atoms with Crippen LogP contribution in [0, 0.1) is 0 Å². The van der Waals surface area contributed by atoms with Crippen LogP contribution in [-0.4, -0.2) is 8.11 Å². The lowest BCUT2D eigenvalue weighted by Gasteiger charge is -2.04. The Morgan fingerprint density at radius 3 is 2.71 bits per heavy atom. The minimum absolute atomic E-state index is 0.803. The summed E-state index contributed by atoms with van der Waals surface area (Å²) >= 11 is 5.87. The van der Waals surface area contributed by atoms with Crippen LogP contribution >= 0.6 is 11.1 Å². The zero-order chi connectivity index (χ0) is 5.11. The Balaban J connectivity index is 2.36. The molecular weight excluding hydrogens is 124 g/mol. The lowest BCUT2D eigenvalue weighted by atomic mass is 10.3. The molecule has 1 aliphatic rings. The summed E-state index contributed by atoms with van der Waals surface area (Å²) in [5.41, 5.74) is 2.21.